The van der Waals surface area contributed by atoms with Crippen LogP contribution in [0.5, 0.6) is 5.75 Å². The van der Waals surface area contributed by atoms with Crippen LogP contribution in [0.1, 0.15) is 31.7 Å². The number of hydrogen-bond donors (Lipinski definition) is 1. The molecule has 0 spiro atoms. The molecule has 0 radical (unpaired) electrons. The Labute approximate surface area is 134 Å². The van der Waals surface area contributed by atoms with E-state index in [0.717, 1.165) is 54.6 Å². The highest BCUT2D eigenvalue weighted by Crippen LogP contribution is 2.24. The predicted molar refractivity (Wildman–Crippen MR) is 87.4 cm³/mol. The number of nitrogens with two attached hydrogens (primary N) is 1. The molecule has 1 heterocycles. The number of amides is 1. The standard InChI is InChI=1S/C16H23BrN2O2/c1-2-13(18)9-12-10-14(5-6-15(12)17)21-11-16(20)19-7-3-4-8-19/h5-6,10,13H,2-4,7-9,11,18H2,1H3. The fourth-order valence-electron chi connectivity index (χ4n) is 2.43. The summed E-state index contributed by atoms with van der Waals surface area (Å²) in [6, 6.07) is 5.94. The number of likely N-dealkylation sites (tertiary alicyclic amines) is 1. The van der Waals surface area contributed by atoms with Gasteiger partial charge in [0.2, 0.25) is 0 Å². The minimum Gasteiger partial charge on any atom is -0.484 e. The van der Waals surface area contributed by atoms with E-state index in [1.54, 1.807) is 0 Å². The second-order valence-corrected chi connectivity index (χ2v) is 6.36. The zero-order chi connectivity index (χ0) is 15.2. The molecule has 1 aliphatic rings. The fourth-order valence-corrected chi connectivity index (χ4v) is 2.84. The van der Waals surface area contributed by atoms with Crippen LogP contribution in [0.2, 0.25) is 0 Å². The van der Waals surface area contributed by atoms with Gasteiger partial charge in [-0.3, -0.25) is 4.79 Å². The molecule has 1 saturated heterocycles. The van der Waals surface area contributed by atoms with Crippen LogP contribution in [0.15, 0.2) is 22.7 Å². The van der Waals surface area contributed by atoms with Gasteiger partial charge in [0.25, 0.3) is 5.91 Å². The molecule has 1 aliphatic heterocycles. The summed E-state index contributed by atoms with van der Waals surface area (Å²) in [7, 11) is 0. The van der Waals surface area contributed by atoms with Crippen molar-refractivity contribution in [1.82, 2.24) is 4.90 Å². The van der Waals surface area contributed by atoms with Crippen molar-refractivity contribution in [2.75, 3.05) is 19.7 Å². The van der Waals surface area contributed by atoms with Crippen molar-refractivity contribution in [1.29, 1.82) is 0 Å². The Balaban J connectivity index is 1.93. The van der Waals surface area contributed by atoms with Crippen molar-refractivity contribution < 1.29 is 9.53 Å². The molecular formula is C16H23BrN2O2. The highest BCUT2D eigenvalue weighted by Gasteiger charge is 2.18. The molecule has 1 aromatic carbocycles. The van der Waals surface area contributed by atoms with Crippen LogP contribution in [0.25, 0.3) is 0 Å². The summed E-state index contributed by atoms with van der Waals surface area (Å²) in [6.07, 6.45) is 3.94. The van der Waals surface area contributed by atoms with E-state index < -0.39 is 0 Å². The lowest BCUT2D eigenvalue weighted by Crippen LogP contribution is -2.32. The van der Waals surface area contributed by atoms with Gasteiger partial charge in [-0.25, -0.2) is 0 Å². The van der Waals surface area contributed by atoms with E-state index >= 15 is 0 Å². The minimum atomic E-state index is 0.0715. The Kier molecular flexibility index (Phi) is 6.06. The summed E-state index contributed by atoms with van der Waals surface area (Å²) in [6.45, 7) is 3.91. The van der Waals surface area contributed by atoms with E-state index in [-0.39, 0.29) is 18.6 Å². The predicted octanol–water partition coefficient (Wildman–Crippen LogP) is 2.73. The summed E-state index contributed by atoms with van der Waals surface area (Å²) in [5.41, 5.74) is 7.13. The topological polar surface area (TPSA) is 55.6 Å². The van der Waals surface area contributed by atoms with Gasteiger partial charge in [0.15, 0.2) is 6.61 Å². The third-order valence-electron chi connectivity index (χ3n) is 3.84. The number of ether oxygens (including phenoxy) is 1. The minimum absolute atomic E-state index is 0.0715. The van der Waals surface area contributed by atoms with E-state index in [4.69, 9.17) is 10.5 Å². The van der Waals surface area contributed by atoms with Gasteiger partial charge < -0.3 is 15.4 Å². The Bertz CT molecular complexity index is 487. The second-order valence-electron chi connectivity index (χ2n) is 5.50. The van der Waals surface area contributed by atoms with E-state index in [1.807, 2.05) is 23.1 Å². The summed E-state index contributed by atoms with van der Waals surface area (Å²) in [5, 5.41) is 0. The van der Waals surface area contributed by atoms with Crippen LogP contribution in [0, 0.1) is 0 Å². The maximum atomic E-state index is 12.0. The highest BCUT2D eigenvalue weighted by atomic mass is 79.9. The first-order valence-electron chi connectivity index (χ1n) is 7.54. The molecule has 0 bridgehead atoms. The SMILES string of the molecule is CCC(N)Cc1cc(OCC(=O)N2CCCC2)ccc1Br. The molecule has 2 N–H and O–H groups in total. The molecule has 1 fully saturated rings. The summed E-state index contributed by atoms with van der Waals surface area (Å²) < 4.78 is 6.67. The molecule has 1 amide bonds. The number of nitrogens with zero attached hydrogens (tertiary/aromatic N) is 1. The van der Waals surface area contributed by atoms with Crippen LogP contribution in [-0.4, -0.2) is 36.5 Å². The monoisotopic (exact) mass is 354 g/mol. The largest absolute Gasteiger partial charge is 0.484 e. The third-order valence-corrected chi connectivity index (χ3v) is 4.62. The molecule has 5 heteroatoms. The molecule has 21 heavy (non-hydrogen) atoms. The first kappa shape index (κ1) is 16.3. The van der Waals surface area contributed by atoms with E-state index in [1.165, 1.54) is 0 Å². The molecule has 1 unspecified atom stereocenters. The lowest BCUT2D eigenvalue weighted by molar-refractivity contribution is -0.132. The molecule has 2 rings (SSSR count). The summed E-state index contributed by atoms with van der Waals surface area (Å²) in [5.74, 6) is 0.797. The maximum absolute atomic E-state index is 12.0. The zero-order valence-electron chi connectivity index (χ0n) is 12.5. The van der Waals surface area contributed by atoms with Gasteiger partial charge >= 0.3 is 0 Å². The lowest BCUT2D eigenvalue weighted by atomic mass is 10.0. The molecule has 0 aliphatic carbocycles. The van der Waals surface area contributed by atoms with Gasteiger partial charge in [-0.15, -0.1) is 0 Å². The molecule has 1 atom stereocenters. The maximum Gasteiger partial charge on any atom is 0.260 e. The first-order valence-corrected chi connectivity index (χ1v) is 8.34. The van der Waals surface area contributed by atoms with Crippen LogP contribution < -0.4 is 10.5 Å². The molecule has 4 nitrogen and oxygen atoms in total. The molecule has 116 valence electrons. The first-order chi connectivity index (χ1) is 10.1. The van der Waals surface area contributed by atoms with Crippen molar-refractivity contribution >= 4 is 21.8 Å². The van der Waals surface area contributed by atoms with E-state index in [0.29, 0.717) is 0 Å². The van der Waals surface area contributed by atoms with Crippen molar-refractivity contribution in [2.45, 2.75) is 38.6 Å². The Morgan fingerprint density at radius 2 is 2.14 bits per heavy atom. The van der Waals surface area contributed by atoms with E-state index in [2.05, 4.69) is 22.9 Å². The molecule has 0 saturated carbocycles. The van der Waals surface area contributed by atoms with Gasteiger partial charge in [-0.2, -0.15) is 0 Å². The van der Waals surface area contributed by atoms with Crippen molar-refractivity contribution in [3.8, 4) is 5.75 Å². The van der Waals surface area contributed by atoms with Crippen molar-refractivity contribution in [3.63, 3.8) is 0 Å². The van der Waals surface area contributed by atoms with Crippen molar-refractivity contribution in [2.24, 2.45) is 5.73 Å². The number of benzene rings is 1. The number of halogens is 1. The lowest BCUT2D eigenvalue weighted by Gasteiger charge is -2.16. The van der Waals surface area contributed by atoms with Gasteiger partial charge in [0, 0.05) is 23.6 Å². The number of carbonyl (C=O) groups excluding carboxylic acids is 1. The van der Waals surface area contributed by atoms with Gasteiger partial charge in [-0.1, -0.05) is 22.9 Å². The Morgan fingerprint density at radius 3 is 2.81 bits per heavy atom. The quantitative estimate of drug-likeness (QED) is 0.854. The van der Waals surface area contributed by atoms with Gasteiger partial charge in [-0.05, 0) is 49.4 Å². The fraction of sp³-hybridized carbons (Fsp3) is 0.562. The summed E-state index contributed by atoms with van der Waals surface area (Å²) in [4.78, 5) is 13.8. The zero-order valence-corrected chi connectivity index (χ0v) is 14.1. The van der Waals surface area contributed by atoms with Gasteiger partial charge in [0.05, 0.1) is 0 Å². The Morgan fingerprint density at radius 1 is 1.43 bits per heavy atom. The average molecular weight is 355 g/mol. The van der Waals surface area contributed by atoms with E-state index in [9.17, 15) is 4.79 Å². The highest BCUT2D eigenvalue weighted by molar-refractivity contribution is 9.10. The smallest absolute Gasteiger partial charge is 0.260 e. The third kappa shape index (κ3) is 4.71. The summed E-state index contributed by atoms with van der Waals surface area (Å²) >= 11 is 3.54. The van der Waals surface area contributed by atoms with Crippen LogP contribution in [-0.2, 0) is 11.2 Å². The molecule has 0 aromatic heterocycles. The Hall–Kier alpha value is -1.07. The average Bonchev–Trinajstić information content (AvgIpc) is 3.02. The van der Waals surface area contributed by atoms with Crippen LogP contribution in [0.3, 0.4) is 0 Å². The van der Waals surface area contributed by atoms with Crippen LogP contribution in [0.4, 0.5) is 0 Å². The second kappa shape index (κ2) is 7.80. The number of hydrogen-bond acceptors (Lipinski definition) is 3. The molecule has 1 aromatic rings. The molecular weight excluding hydrogens is 332 g/mol. The van der Waals surface area contributed by atoms with Crippen LogP contribution >= 0.6 is 15.9 Å². The van der Waals surface area contributed by atoms with Gasteiger partial charge in [0.1, 0.15) is 5.75 Å². The number of rotatable bonds is 6. The normalized spacial score (nSPS) is 16.0. The number of carbonyl (C=O) groups is 1. The van der Waals surface area contributed by atoms with Crippen molar-refractivity contribution in [3.05, 3.63) is 28.2 Å².